The highest BCUT2D eigenvalue weighted by Crippen LogP contribution is 2.47. The fourth-order valence-corrected chi connectivity index (χ4v) is 6.92. The number of hydrogen-bond acceptors (Lipinski definition) is 5. The monoisotopic (exact) mass is 493 g/mol. The Hall–Kier alpha value is -1.12. The van der Waals surface area contributed by atoms with Crippen LogP contribution in [-0.4, -0.2) is 4.98 Å². The second-order valence-corrected chi connectivity index (χ2v) is 11.1. The predicted octanol–water partition coefficient (Wildman–Crippen LogP) is 8.15. The van der Waals surface area contributed by atoms with Crippen LogP contribution in [0, 0.1) is 5.82 Å². The van der Waals surface area contributed by atoms with Gasteiger partial charge >= 0.3 is 0 Å². The molecule has 4 rings (SSSR count). The SMILES string of the molecule is Fc1ccc(-c2nc(C(Br)Sc3cccs3)sc2-c2ccc(S)cc2)cc1. The lowest BCUT2D eigenvalue weighted by atomic mass is 10.1. The van der Waals surface area contributed by atoms with Crippen molar-refractivity contribution in [3.63, 3.8) is 0 Å². The van der Waals surface area contributed by atoms with Crippen LogP contribution < -0.4 is 0 Å². The molecule has 0 aliphatic heterocycles. The summed E-state index contributed by atoms with van der Waals surface area (Å²) >= 11 is 13.2. The largest absolute Gasteiger partial charge is 0.238 e. The summed E-state index contributed by atoms with van der Waals surface area (Å²) in [4.78, 5) is 6.89. The van der Waals surface area contributed by atoms with Crippen molar-refractivity contribution < 1.29 is 4.39 Å². The number of aromatic nitrogens is 1. The van der Waals surface area contributed by atoms with Crippen molar-refractivity contribution in [2.45, 2.75) is 13.3 Å². The Labute approximate surface area is 183 Å². The van der Waals surface area contributed by atoms with E-state index in [0.717, 1.165) is 31.6 Å². The maximum atomic E-state index is 13.4. The first-order valence-corrected chi connectivity index (χ1v) is 11.9. The van der Waals surface area contributed by atoms with Crippen LogP contribution in [0.25, 0.3) is 21.7 Å². The van der Waals surface area contributed by atoms with E-state index in [2.05, 4.69) is 40.0 Å². The molecule has 27 heavy (non-hydrogen) atoms. The molecule has 0 saturated heterocycles. The van der Waals surface area contributed by atoms with E-state index in [4.69, 9.17) is 4.98 Å². The third-order valence-electron chi connectivity index (χ3n) is 3.80. The molecule has 2 aromatic heterocycles. The van der Waals surface area contributed by atoms with Crippen LogP contribution >= 0.6 is 63.0 Å². The molecule has 4 aromatic rings. The Balaban J connectivity index is 1.76. The van der Waals surface area contributed by atoms with Crippen LogP contribution in [0.15, 0.2) is 75.1 Å². The van der Waals surface area contributed by atoms with Crippen molar-refractivity contribution in [1.82, 2.24) is 4.98 Å². The molecule has 0 spiro atoms. The number of alkyl halides is 1. The van der Waals surface area contributed by atoms with Crippen LogP contribution in [-0.2, 0) is 0 Å². The topological polar surface area (TPSA) is 12.9 Å². The number of benzene rings is 2. The fourth-order valence-electron chi connectivity index (χ4n) is 2.53. The fraction of sp³-hybridized carbons (Fsp3) is 0.0500. The van der Waals surface area contributed by atoms with Crippen molar-refractivity contribution in [3.8, 4) is 21.7 Å². The average Bonchev–Trinajstić information content (AvgIpc) is 3.33. The molecule has 0 aliphatic rings. The van der Waals surface area contributed by atoms with E-state index in [-0.39, 0.29) is 9.98 Å². The third-order valence-corrected chi connectivity index (χ3v) is 8.75. The number of hydrogen-bond donors (Lipinski definition) is 1. The lowest BCUT2D eigenvalue weighted by molar-refractivity contribution is 0.628. The van der Waals surface area contributed by atoms with Crippen molar-refractivity contribution in [2.75, 3.05) is 0 Å². The Kier molecular flexibility index (Phi) is 6.04. The molecule has 2 aromatic carbocycles. The highest BCUT2D eigenvalue weighted by atomic mass is 79.9. The van der Waals surface area contributed by atoms with Crippen LogP contribution in [0.5, 0.6) is 0 Å². The van der Waals surface area contributed by atoms with Crippen molar-refractivity contribution in [1.29, 1.82) is 0 Å². The van der Waals surface area contributed by atoms with Crippen LogP contribution in [0.2, 0.25) is 0 Å². The molecule has 136 valence electrons. The molecule has 1 nitrogen and oxygen atoms in total. The van der Waals surface area contributed by atoms with Crippen LogP contribution in [0.3, 0.4) is 0 Å². The average molecular weight is 495 g/mol. The Morgan fingerprint density at radius 2 is 1.70 bits per heavy atom. The zero-order valence-electron chi connectivity index (χ0n) is 13.8. The molecule has 0 amide bonds. The molecule has 0 saturated carbocycles. The number of thiazole rings is 1. The second kappa shape index (κ2) is 8.49. The number of thioether (sulfide) groups is 1. The maximum Gasteiger partial charge on any atom is 0.123 e. The van der Waals surface area contributed by atoms with Gasteiger partial charge in [-0.25, -0.2) is 9.37 Å². The molecule has 0 fully saturated rings. The Morgan fingerprint density at radius 3 is 2.37 bits per heavy atom. The summed E-state index contributed by atoms with van der Waals surface area (Å²) in [6, 6.07) is 18.7. The van der Waals surface area contributed by atoms with E-state index >= 15 is 0 Å². The number of rotatable bonds is 5. The maximum absolute atomic E-state index is 13.4. The summed E-state index contributed by atoms with van der Waals surface area (Å²) in [5.74, 6) is -0.248. The van der Waals surface area contributed by atoms with Gasteiger partial charge in [0.05, 0.1) is 14.8 Å². The molecule has 0 aliphatic carbocycles. The van der Waals surface area contributed by atoms with Gasteiger partial charge in [0.1, 0.15) is 15.0 Å². The quantitative estimate of drug-likeness (QED) is 0.171. The summed E-state index contributed by atoms with van der Waals surface area (Å²) in [5.41, 5.74) is 2.86. The van der Waals surface area contributed by atoms with E-state index in [1.807, 2.05) is 30.3 Å². The van der Waals surface area contributed by atoms with Gasteiger partial charge in [0.15, 0.2) is 0 Å². The van der Waals surface area contributed by atoms with Gasteiger partial charge in [0, 0.05) is 10.5 Å². The first-order valence-electron chi connectivity index (χ1n) is 8.00. The smallest absolute Gasteiger partial charge is 0.123 e. The third kappa shape index (κ3) is 4.49. The van der Waals surface area contributed by atoms with Crippen molar-refractivity contribution >= 4 is 63.0 Å². The molecule has 0 radical (unpaired) electrons. The number of thiophene rings is 1. The Bertz CT molecular complexity index is 964. The van der Waals surface area contributed by atoms with Gasteiger partial charge < -0.3 is 0 Å². The van der Waals surface area contributed by atoms with Crippen LogP contribution in [0.4, 0.5) is 4.39 Å². The van der Waals surface area contributed by atoms with E-state index in [1.54, 1.807) is 46.6 Å². The summed E-state index contributed by atoms with van der Waals surface area (Å²) in [6.45, 7) is 0. The first-order chi connectivity index (χ1) is 13.1. The molecule has 0 bridgehead atoms. The van der Waals surface area contributed by atoms with E-state index < -0.39 is 0 Å². The van der Waals surface area contributed by atoms with E-state index in [0.29, 0.717) is 0 Å². The second-order valence-electron chi connectivity index (χ2n) is 5.65. The first kappa shape index (κ1) is 19.2. The molecule has 1 unspecified atom stereocenters. The normalized spacial score (nSPS) is 12.3. The van der Waals surface area contributed by atoms with Gasteiger partial charge in [-0.1, -0.05) is 45.9 Å². The van der Waals surface area contributed by atoms with Crippen LogP contribution in [0.1, 0.15) is 9.17 Å². The van der Waals surface area contributed by atoms with Gasteiger partial charge in [-0.2, -0.15) is 0 Å². The Morgan fingerprint density at radius 1 is 1.00 bits per heavy atom. The van der Waals surface area contributed by atoms with E-state index in [1.165, 1.54) is 16.3 Å². The molecule has 2 heterocycles. The van der Waals surface area contributed by atoms with Gasteiger partial charge in [-0.05, 0) is 53.4 Å². The minimum Gasteiger partial charge on any atom is -0.238 e. The molecule has 0 N–H and O–H groups in total. The van der Waals surface area contributed by atoms with Gasteiger partial charge in [0.2, 0.25) is 0 Å². The minimum atomic E-state index is -0.248. The minimum absolute atomic E-state index is 0.0539. The number of thiol groups is 1. The highest BCUT2D eigenvalue weighted by Gasteiger charge is 2.20. The highest BCUT2D eigenvalue weighted by molar-refractivity contribution is 9.11. The lowest BCUT2D eigenvalue weighted by Gasteiger charge is -2.03. The van der Waals surface area contributed by atoms with Gasteiger partial charge in [0.25, 0.3) is 0 Å². The zero-order valence-corrected chi connectivity index (χ0v) is 18.7. The molecular weight excluding hydrogens is 481 g/mol. The zero-order chi connectivity index (χ0) is 18.8. The summed E-state index contributed by atoms with van der Waals surface area (Å²) in [7, 11) is 0. The summed E-state index contributed by atoms with van der Waals surface area (Å²) in [6.07, 6.45) is 0. The van der Waals surface area contributed by atoms with Gasteiger partial charge in [-0.15, -0.1) is 35.3 Å². The number of nitrogens with zero attached hydrogens (tertiary/aromatic N) is 1. The molecular formula is C20H13BrFNS4. The van der Waals surface area contributed by atoms with Crippen molar-refractivity contribution in [2.24, 2.45) is 0 Å². The van der Waals surface area contributed by atoms with E-state index in [9.17, 15) is 4.39 Å². The van der Waals surface area contributed by atoms with Crippen molar-refractivity contribution in [3.05, 3.63) is 76.9 Å². The number of halogens is 2. The predicted molar refractivity (Wildman–Crippen MR) is 122 cm³/mol. The summed E-state index contributed by atoms with van der Waals surface area (Å²) in [5, 5.41) is 3.05. The standard InChI is InChI=1S/C20H13BrFNS4/c21-19(26-16-2-1-11-25-16)20-23-17(12-3-7-14(22)8-4-12)18(27-20)13-5-9-15(24)10-6-13/h1-11,19,24H. The molecule has 1 atom stereocenters. The van der Waals surface area contributed by atoms with Gasteiger partial charge in [-0.3, -0.25) is 0 Å². The summed E-state index contributed by atoms with van der Waals surface area (Å²) < 4.78 is 14.7. The lowest BCUT2D eigenvalue weighted by Crippen LogP contribution is -1.85. The molecule has 7 heteroatoms.